The van der Waals surface area contributed by atoms with E-state index in [0.29, 0.717) is 12.5 Å². The van der Waals surface area contributed by atoms with Gasteiger partial charge in [-0.2, -0.15) is 5.10 Å². The zero-order chi connectivity index (χ0) is 20.3. The molecule has 2 aromatic rings. The van der Waals surface area contributed by atoms with Crippen LogP contribution in [0.5, 0.6) is 0 Å². The van der Waals surface area contributed by atoms with E-state index in [0.717, 1.165) is 55.4 Å². The summed E-state index contributed by atoms with van der Waals surface area (Å²) in [6, 6.07) is 4.05. The quantitative estimate of drug-likeness (QED) is 0.765. The Morgan fingerprint density at radius 3 is 2.57 bits per heavy atom. The predicted octanol–water partition coefficient (Wildman–Crippen LogP) is 2.47. The number of carbonyl (C=O) groups excluding carboxylic acids is 1. The molecule has 1 amide bonds. The third-order valence-electron chi connectivity index (χ3n) is 5.42. The summed E-state index contributed by atoms with van der Waals surface area (Å²) in [5.41, 5.74) is 2.08. The Kier molecular flexibility index (Phi) is 6.31. The maximum atomic E-state index is 12.8. The molecule has 28 heavy (non-hydrogen) atoms. The van der Waals surface area contributed by atoms with E-state index in [1.165, 1.54) is 0 Å². The van der Waals surface area contributed by atoms with Crippen LogP contribution in [0.25, 0.3) is 0 Å². The lowest BCUT2D eigenvalue weighted by molar-refractivity contribution is -0.136. The second kappa shape index (κ2) is 8.71. The molecule has 0 bridgehead atoms. The number of piperidine rings is 1. The molecule has 0 spiro atoms. The summed E-state index contributed by atoms with van der Waals surface area (Å²) < 4.78 is 1.87. The van der Waals surface area contributed by atoms with Gasteiger partial charge in [-0.15, -0.1) is 0 Å². The third-order valence-corrected chi connectivity index (χ3v) is 5.42. The van der Waals surface area contributed by atoms with E-state index in [1.54, 1.807) is 0 Å². The van der Waals surface area contributed by atoms with Gasteiger partial charge in [0.1, 0.15) is 11.6 Å². The van der Waals surface area contributed by atoms with Gasteiger partial charge in [-0.1, -0.05) is 6.92 Å². The second-order valence-corrected chi connectivity index (χ2v) is 8.21. The summed E-state index contributed by atoms with van der Waals surface area (Å²) in [5.74, 6) is 2.52. The molecule has 0 aromatic carbocycles. The van der Waals surface area contributed by atoms with Crippen LogP contribution in [0.15, 0.2) is 18.3 Å². The zero-order valence-corrected chi connectivity index (χ0v) is 17.7. The van der Waals surface area contributed by atoms with Crippen molar-refractivity contribution in [2.75, 3.05) is 32.1 Å². The molecular formula is C21H32N6O. The molecule has 1 atom stereocenters. The Hall–Kier alpha value is -2.44. The average Bonchev–Trinajstić information content (AvgIpc) is 3.06. The van der Waals surface area contributed by atoms with Crippen LogP contribution in [0, 0.1) is 25.7 Å². The van der Waals surface area contributed by atoms with Crippen LogP contribution in [0.4, 0.5) is 5.82 Å². The topological polar surface area (TPSA) is 67.2 Å². The highest BCUT2D eigenvalue weighted by molar-refractivity contribution is 5.78. The summed E-state index contributed by atoms with van der Waals surface area (Å²) in [6.07, 6.45) is 4.95. The fraction of sp³-hybridized carbons (Fsp3) is 0.619. The predicted molar refractivity (Wildman–Crippen MR) is 110 cm³/mol. The van der Waals surface area contributed by atoms with E-state index in [4.69, 9.17) is 0 Å². The number of carbonyl (C=O) groups is 1. The minimum atomic E-state index is -0.0528. The molecule has 3 rings (SSSR count). The van der Waals surface area contributed by atoms with Crippen LogP contribution in [0.2, 0.25) is 0 Å². The first-order valence-electron chi connectivity index (χ1n) is 10.1. The Morgan fingerprint density at radius 1 is 1.25 bits per heavy atom. The number of hydrogen-bond donors (Lipinski definition) is 0. The molecule has 7 nitrogen and oxygen atoms in total. The number of nitrogens with zero attached hydrogens (tertiary/aromatic N) is 6. The highest BCUT2D eigenvalue weighted by atomic mass is 16.2. The molecule has 7 heteroatoms. The first-order valence-corrected chi connectivity index (χ1v) is 10.1. The van der Waals surface area contributed by atoms with Crippen molar-refractivity contribution in [1.82, 2.24) is 24.6 Å². The Balaban J connectivity index is 1.52. The summed E-state index contributed by atoms with van der Waals surface area (Å²) >= 11 is 0. The number of aryl methyl sites for hydroxylation is 2. The highest BCUT2D eigenvalue weighted by Crippen LogP contribution is 2.23. The van der Waals surface area contributed by atoms with Crippen molar-refractivity contribution in [2.24, 2.45) is 11.8 Å². The van der Waals surface area contributed by atoms with Gasteiger partial charge < -0.3 is 9.80 Å². The molecule has 1 fully saturated rings. The zero-order valence-electron chi connectivity index (χ0n) is 17.7. The molecule has 1 aliphatic heterocycles. The van der Waals surface area contributed by atoms with E-state index >= 15 is 0 Å². The minimum absolute atomic E-state index is 0.0528. The monoisotopic (exact) mass is 384 g/mol. The number of likely N-dealkylation sites (tertiary alicyclic amines) is 1. The number of anilines is 1. The Bertz CT molecular complexity index is 807. The van der Waals surface area contributed by atoms with Crippen molar-refractivity contribution in [1.29, 1.82) is 0 Å². The van der Waals surface area contributed by atoms with Crippen LogP contribution in [0.3, 0.4) is 0 Å². The molecule has 3 heterocycles. The van der Waals surface area contributed by atoms with Gasteiger partial charge in [-0.05, 0) is 45.1 Å². The average molecular weight is 385 g/mol. The van der Waals surface area contributed by atoms with Crippen LogP contribution in [0.1, 0.15) is 37.0 Å². The van der Waals surface area contributed by atoms with Crippen molar-refractivity contribution in [2.45, 2.75) is 46.6 Å². The van der Waals surface area contributed by atoms with Crippen LogP contribution >= 0.6 is 0 Å². The summed E-state index contributed by atoms with van der Waals surface area (Å²) in [4.78, 5) is 25.9. The number of amides is 1. The standard InChI is InChI=1S/C21H32N6O/c1-15(14-27-11-6-16(2)24-27)21(28)26-9-7-18(8-10-26)12-19-13-20(25(4)5)23-17(3)22-19/h6,11,13,15,18H,7-10,12,14H2,1-5H3. The van der Waals surface area contributed by atoms with Crippen molar-refractivity contribution < 1.29 is 4.79 Å². The number of rotatable bonds is 6. The van der Waals surface area contributed by atoms with E-state index in [2.05, 4.69) is 21.1 Å². The van der Waals surface area contributed by atoms with Crippen LogP contribution in [-0.2, 0) is 17.8 Å². The summed E-state index contributed by atoms with van der Waals surface area (Å²) in [6.45, 7) is 8.21. The van der Waals surface area contributed by atoms with E-state index in [1.807, 2.05) is 61.6 Å². The van der Waals surface area contributed by atoms with Gasteiger partial charge in [-0.25, -0.2) is 9.97 Å². The molecule has 0 N–H and O–H groups in total. The summed E-state index contributed by atoms with van der Waals surface area (Å²) in [5, 5.41) is 4.39. The highest BCUT2D eigenvalue weighted by Gasteiger charge is 2.26. The Labute approximate surface area is 167 Å². The van der Waals surface area contributed by atoms with Gasteiger partial charge in [0.15, 0.2) is 0 Å². The van der Waals surface area contributed by atoms with E-state index in [9.17, 15) is 4.79 Å². The van der Waals surface area contributed by atoms with Gasteiger partial charge in [0.05, 0.1) is 18.2 Å². The lowest BCUT2D eigenvalue weighted by Crippen LogP contribution is -2.42. The first kappa shape index (κ1) is 20.3. The lowest BCUT2D eigenvalue weighted by Gasteiger charge is -2.33. The van der Waals surface area contributed by atoms with E-state index < -0.39 is 0 Å². The van der Waals surface area contributed by atoms with Crippen LogP contribution in [-0.4, -0.2) is 57.7 Å². The number of hydrogen-bond acceptors (Lipinski definition) is 5. The van der Waals surface area contributed by atoms with Crippen molar-refractivity contribution in [3.63, 3.8) is 0 Å². The molecule has 1 saturated heterocycles. The van der Waals surface area contributed by atoms with Crippen molar-refractivity contribution in [3.8, 4) is 0 Å². The van der Waals surface area contributed by atoms with Gasteiger partial charge in [0.2, 0.25) is 5.91 Å². The molecule has 2 aromatic heterocycles. The third kappa shape index (κ3) is 5.09. The SMILES string of the molecule is Cc1ccn(CC(C)C(=O)N2CCC(Cc3cc(N(C)C)nc(C)n3)CC2)n1. The maximum Gasteiger partial charge on any atom is 0.227 e. The normalized spacial score (nSPS) is 16.2. The molecular weight excluding hydrogens is 352 g/mol. The van der Waals surface area contributed by atoms with Crippen molar-refractivity contribution >= 4 is 11.7 Å². The van der Waals surface area contributed by atoms with E-state index in [-0.39, 0.29) is 11.8 Å². The van der Waals surface area contributed by atoms with Gasteiger partial charge >= 0.3 is 0 Å². The fourth-order valence-electron chi connectivity index (χ4n) is 3.83. The smallest absolute Gasteiger partial charge is 0.227 e. The molecule has 0 radical (unpaired) electrons. The second-order valence-electron chi connectivity index (χ2n) is 8.21. The minimum Gasteiger partial charge on any atom is -0.363 e. The molecule has 0 saturated carbocycles. The Morgan fingerprint density at radius 2 is 1.96 bits per heavy atom. The van der Waals surface area contributed by atoms with Gasteiger partial charge in [0.25, 0.3) is 0 Å². The lowest BCUT2D eigenvalue weighted by atomic mass is 9.91. The summed E-state index contributed by atoms with van der Waals surface area (Å²) in [7, 11) is 4.00. The van der Waals surface area contributed by atoms with Gasteiger partial charge in [0, 0.05) is 45.1 Å². The maximum absolute atomic E-state index is 12.8. The largest absolute Gasteiger partial charge is 0.363 e. The molecule has 1 unspecified atom stereocenters. The molecule has 0 aliphatic carbocycles. The molecule has 1 aliphatic rings. The first-order chi connectivity index (χ1) is 13.3. The van der Waals surface area contributed by atoms with Gasteiger partial charge in [-0.3, -0.25) is 9.48 Å². The fourth-order valence-corrected chi connectivity index (χ4v) is 3.83. The number of aromatic nitrogens is 4. The van der Waals surface area contributed by atoms with Crippen molar-refractivity contribution in [3.05, 3.63) is 35.5 Å². The van der Waals surface area contributed by atoms with Crippen LogP contribution < -0.4 is 4.90 Å². The molecule has 152 valence electrons.